The number of hydrogen-bond acceptors (Lipinski definition) is 3. The second kappa shape index (κ2) is 7.25. The zero-order chi connectivity index (χ0) is 17.8. The highest BCUT2D eigenvalue weighted by molar-refractivity contribution is 5.87. The van der Waals surface area contributed by atoms with Crippen LogP contribution in [0, 0.1) is 0 Å². The van der Waals surface area contributed by atoms with Crippen molar-refractivity contribution in [2.45, 2.75) is 32.3 Å². The van der Waals surface area contributed by atoms with E-state index in [9.17, 15) is 23.5 Å². The van der Waals surface area contributed by atoms with Gasteiger partial charge in [0, 0.05) is 26.2 Å². The van der Waals surface area contributed by atoms with E-state index in [4.69, 9.17) is 0 Å². The maximum atomic E-state index is 13.6. The fraction of sp³-hybridized carbons (Fsp3) is 0.733. The topological polar surface area (TPSA) is 64.1 Å². The molecule has 1 unspecified atom stereocenters. The molecule has 23 heavy (non-hydrogen) atoms. The lowest BCUT2D eigenvalue weighted by Crippen LogP contribution is -2.53. The Bertz CT molecular complexity index is 445. The fourth-order valence-electron chi connectivity index (χ4n) is 2.54. The van der Waals surface area contributed by atoms with Gasteiger partial charge in [-0.1, -0.05) is 20.4 Å². The smallest absolute Gasteiger partial charge is 0.320 e. The Balaban J connectivity index is 0.00000127. The van der Waals surface area contributed by atoms with Gasteiger partial charge in [-0.05, 0) is 13.0 Å². The number of piperazine rings is 1. The Morgan fingerprint density at radius 3 is 1.91 bits per heavy atom. The van der Waals surface area contributed by atoms with E-state index in [0.717, 1.165) is 11.8 Å². The minimum absolute atomic E-state index is 0.210. The number of rotatable bonds is 1. The van der Waals surface area contributed by atoms with E-state index >= 15 is 0 Å². The summed E-state index contributed by atoms with van der Waals surface area (Å²) in [6, 6.07) is -0.529. The molecule has 0 aromatic heterocycles. The summed E-state index contributed by atoms with van der Waals surface area (Å²) in [6.45, 7) is 8.49. The van der Waals surface area contributed by atoms with Crippen LogP contribution in [-0.2, 0) is 4.79 Å². The van der Waals surface area contributed by atoms with Gasteiger partial charge in [-0.25, -0.2) is 13.6 Å². The predicted octanol–water partition coefficient (Wildman–Crippen LogP) is 1.16. The first-order valence-electron chi connectivity index (χ1n) is 7.73. The van der Waals surface area contributed by atoms with E-state index in [2.05, 4.69) is 6.58 Å². The highest BCUT2D eigenvalue weighted by Crippen LogP contribution is 2.36. The van der Waals surface area contributed by atoms with Gasteiger partial charge in [0.1, 0.15) is 5.60 Å². The largest absolute Gasteiger partial charge is 0.382 e. The summed E-state index contributed by atoms with van der Waals surface area (Å²) in [6.07, 6.45) is 1.20. The van der Waals surface area contributed by atoms with Gasteiger partial charge in [-0.2, -0.15) is 0 Å². The molecule has 132 valence electrons. The SMILES string of the molecule is C=CC(=O)N1CCN(C(=O)N2CC(C)(O)C(F)(F)C2)CC1.CC. The quantitative estimate of drug-likeness (QED) is 0.733. The Kier molecular flexibility index (Phi) is 6.10. The average molecular weight is 333 g/mol. The van der Waals surface area contributed by atoms with Crippen molar-refractivity contribution >= 4 is 11.9 Å². The lowest BCUT2D eigenvalue weighted by molar-refractivity contribution is -0.134. The van der Waals surface area contributed by atoms with Gasteiger partial charge in [0.05, 0.1) is 13.1 Å². The second-order valence-electron chi connectivity index (χ2n) is 5.63. The van der Waals surface area contributed by atoms with Crippen LogP contribution in [0.5, 0.6) is 0 Å². The number of likely N-dealkylation sites (tertiary alicyclic amines) is 1. The third-order valence-corrected chi connectivity index (χ3v) is 3.98. The monoisotopic (exact) mass is 333 g/mol. The molecule has 0 aromatic carbocycles. The van der Waals surface area contributed by atoms with Crippen LogP contribution in [0.2, 0.25) is 0 Å². The van der Waals surface area contributed by atoms with Crippen molar-refractivity contribution in [3.05, 3.63) is 12.7 Å². The average Bonchev–Trinajstić information content (AvgIpc) is 2.76. The zero-order valence-electron chi connectivity index (χ0n) is 13.9. The molecule has 0 aromatic rings. The molecule has 1 atom stereocenters. The molecular weight excluding hydrogens is 308 g/mol. The molecule has 2 fully saturated rings. The number of β-amino-alcohol motifs (C(OH)–C–C–N with tert-alkyl or cyclic N) is 1. The molecule has 6 nitrogen and oxygen atoms in total. The lowest BCUT2D eigenvalue weighted by Gasteiger charge is -2.36. The molecule has 3 amide bonds. The van der Waals surface area contributed by atoms with Crippen molar-refractivity contribution in [1.29, 1.82) is 0 Å². The summed E-state index contributed by atoms with van der Waals surface area (Å²) < 4.78 is 27.2. The molecule has 0 spiro atoms. The van der Waals surface area contributed by atoms with Crippen LogP contribution in [0.15, 0.2) is 12.7 Å². The molecule has 0 saturated carbocycles. The Labute approximate surface area is 135 Å². The Morgan fingerprint density at radius 2 is 1.52 bits per heavy atom. The maximum absolute atomic E-state index is 13.6. The number of halogens is 2. The Hall–Kier alpha value is -1.70. The van der Waals surface area contributed by atoms with Crippen LogP contribution in [0.25, 0.3) is 0 Å². The summed E-state index contributed by atoms with van der Waals surface area (Å²) in [4.78, 5) is 27.6. The predicted molar refractivity (Wildman–Crippen MR) is 82.2 cm³/mol. The summed E-state index contributed by atoms with van der Waals surface area (Å²) >= 11 is 0. The minimum atomic E-state index is -3.32. The summed E-state index contributed by atoms with van der Waals surface area (Å²) in [5, 5.41) is 9.66. The number of urea groups is 1. The van der Waals surface area contributed by atoms with Gasteiger partial charge in [0.15, 0.2) is 0 Å². The van der Waals surface area contributed by atoms with Crippen molar-refractivity contribution in [3.63, 3.8) is 0 Å². The molecule has 2 saturated heterocycles. The third-order valence-electron chi connectivity index (χ3n) is 3.98. The number of hydrogen-bond donors (Lipinski definition) is 1. The van der Waals surface area contributed by atoms with E-state index in [1.165, 1.54) is 11.0 Å². The molecule has 0 bridgehead atoms. The molecule has 8 heteroatoms. The van der Waals surface area contributed by atoms with Crippen LogP contribution in [0.1, 0.15) is 20.8 Å². The molecule has 2 aliphatic rings. The Morgan fingerprint density at radius 1 is 1.04 bits per heavy atom. The molecule has 0 aliphatic carbocycles. The van der Waals surface area contributed by atoms with Crippen LogP contribution >= 0.6 is 0 Å². The van der Waals surface area contributed by atoms with Gasteiger partial charge >= 0.3 is 6.03 Å². The molecule has 2 rings (SSSR count). The van der Waals surface area contributed by atoms with E-state index in [0.29, 0.717) is 13.1 Å². The number of carbonyl (C=O) groups is 2. The highest BCUT2D eigenvalue weighted by atomic mass is 19.3. The standard InChI is InChI=1S/C13H19F2N3O3.C2H6/c1-3-10(19)16-4-6-17(7-5-16)11(20)18-8-12(2,21)13(14,15)9-18;1-2/h3,21H,1,4-9H2,2H3;1-2H3. The van der Waals surface area contributed by atoms with Gasteiger partial charge in [0.25, 0.3) is 5.92 Å². The number of amides is 3. The van der Waals surface area contributed by atoms with Gasteiger partial charge in [0.2, 0.25) is 5.91 Å². The first kappa shape index (κ1) is 19.3. The minimum Gasteiger partial charge on any atom is -0.382 e. The second-order valence-corrected chi connectivity index (χ2v) is 5.63. The van der Waals surface area contributed by atoms with Crippen molar-refractivity contribution in [2.75, 3.05) is 39.3 Å². The normalized spacial score (nSPS) is 26.4. The van der Waals surface area contributed by atoms with E-state index in [-0.39, 0.29) is 19.0 Å². The van der Waals surface area contributed by atoms with Crippen molar-refractivity contribution < 1.29 is 23.5 Å². The van der Waals surface area contributed by atoms with E-state index in [1.54, 1.807) is 4.90 Å². The van der Waals surface area contributed by atoms with Crippen LogP contribution in [-0.4, -0.2) is 82.5 Å². The van der Waals surface area contributed by atoms with Crippen LogP contribution in [0.4, 0.5) is 13.6 Å². The third kappa shape index (κ3) is 3.99. The van der Waals surface area contributed by atoms with Crippen molar-refractivity contribution in [2.24, 2.45) is 0 Å². The summed E-state index contributed by atoms with van der Waals surface area (Å²) in [7, 11) is 0. The lowest BCUT2D eigenvalue weighted by atomic mass is 10.0. The van der Waals surface area contributed by atoms with Gasteiger partial charge in [-0.15, -0.1) is 0 Å². The van der Waals surface area contributed by atoms with E-state index in [1.807, 2.05) is 13.8 Å². The van der Waals surface area contributed by atoms with Crippen LogP contribution < -0.4 is 0 Å². The zero-order valence-corrected chi connectivity index (χ0v) is 13.9. The van der Waals surface area contributed by atoms with Crippen LogP contribution in [0.3, 0.4) is 0 Å². The first-order chi connectivity index (χ1) is 10.7. The molecule has 2 aliphatic heterocycles. The molecule has 1 N–H and O–H groups in total. The number of alkyl halides is 2. The molecule has 0 radical (unpaired) electrons. The van der Waals surface area contributed by atoms with Crippen molar-refractivity contribution in [3.8, 4) is 0 Å². The fourth-order valence-corrected chi connectivity index (χ4v) is 2.54. The van der Waals surface area contributed by atoms with Gasteiger partial charge < -0.3 is 19.8 Å². The molecular formula is C15H25F2N3O3. The highest BCUT2D eigenvalue weighted by Gasteiger charge is 2.58. The van der Waals surface area contributed by atoms with Crippen molar-refractivity contribution in [1.82, 2.24) is 14.7 Å². The van der Waals surface area contributed by atoms with E-state index < -0.39 is 30.6 Å². The maximum Gasteiger partial charge on any atom is 0.320 e. The van der Waals surface area contributed by atoms with Gasteiger partial charge in [-0.3, -0.25) is 4.79 Å². The first-order valence-corrected chi connectivity index (χ1v) is 7.73. The number of carbonyl (C=O) groups excluding carboxylic acids is 2. The number of aliphatic hydroxyl groups is 1. The summed E-state index contributed by atoms with van der Waals surface area (Å²) in [5.41, 5.74) is -2.21. The summed E-state index contributed by atoms with van der Waals surface area (Å²) in [5.74, 6) is -3.53. The molecule has 2 heterocycles. The number of nitrogens with zero attached hydrogens (tertiary/aromatic N) is 3.